The number of aromatic hydroxyl groups is 1. The number of phenolic OH excluding ortho intramolecular Hbond substituents is 1. The molecule has 0 atom stereocenters. The second-order valence-electron chi connectivity index (χ2n) is 3.93. The summed E-state index contributed by atoms with van der Waals surface area (Å²) in [6.45, 7) is 0. The first-order chi connectivity index (χ1) is 9.52. The Morgan fingerprint density at radius 1 is 1.35 bits per heavy atom. The minimum absolute atomic E-state index is 0.111. The number of ether oxygens (including phenoxy) is 1. The number of hydrogen-bond donors (Lipinski definition) is 2. The molecule has 0 fully saturated rings. The first kappa shape index (κ1) is 14.7. The summed E-state index contributed by atoms with van der Waals surface area (Å²) in [4.78, 5) is 12.2. The van der Waals surface area contributed by atoms with Crippen molar-refractivity contribution in [2.45, 2.75) is 0 Å². The van der Waals surface area contributed by atoms with Crippen molar-refractivity contribution in [3.63, 3.8) is 0 Å². The third-order valence-electron chi connectivity index (χ3n) is 2.64. The number of anilines is 1. The number of carbonyl (C=O) groups is 1. The Kier molecular flexibility index (Phi) is 4.52. The molecular formula is C14H11BrClNO3. The van der Waals surface area contributed by atoms with Crippen LogP contribution in [0.3, 0.4) is 0 Å². The van der Waals surface area contributed by atoms with Crippen molar-refractivity contribution in [1.82, 2.24) is 0 Å². The molecule has 20 heavy (non-hydrogen) atoms. The Morgan fingerprint density at radius 2 is 2.10 bits per heavy atom. The highest BCUT2D eigenvalue weighted by atomic mass is 79.9. The number of methoxy groups -OCH3 is 1. The Balaban J connectivity index is 2.31. The number of benzene rings is 2. The van der Waals surface area contributed by atoms with Gasteiger partial charge in [0.05, 0.1) is 23.4 Å². The summed E-state index contributed by atoms with van der Waals surface area (Å²) in [6, 6.07) is 9.79. The zero-order chi connectivity index (χ0) is 14.7. The maximum atomic E-state index is 12.2. The molecule has 1 amide bonds. The van der Waals surface area contributed by atoms with Gasteiger partial charge in [0.1, 0.15) is 0 Å². The van der Waals surface area contributed by atoms with Crippen LogP contribution in [0.25, 0.3) is 0 Å². The fraction of sp³-hybridized carbons (Fsp3) is 0.0714. The number of carbonyl (C=O) groups excluding carboxylic acids is 1. The molecule has 2 rings (SSSR count). The summed E-state index contributed by atoms with van der Waals surface area (Å²) >= 11 is 9.30. The maximum absolute atomic E-state index is 12.2. The van der Waals surface area contributed by atoms with Crippen LogP contribution < -0.4 is 10.1 Å². The zero-order valence-corrected chi connectivity index (χ0v) is 12.8. The van der Waals surface area contributed by atoms with Gasteiger partial charge in [0, 0.05) is 4.47 Å². The molecular weight excluding hydrogens is 346 g/mol. The fourth-order valence-corrected chi connectivity index (χ4v) is 2.18. The molecule has 2 aromatic carbocycles. The lowest BCUT2D eigenvalue weighted by Crippen LogP contribution is -2.12. The highest BCUT2D eigenvalue weighted by Gasteiger charge is 2.16. The zero-order valence-electron chi connectivity index (χ0n) is 10.5. The van der Waals surface area contributed by atoms with Crippen molar-refractivity contribution in [1.29, 1.82) is 0 Å². The predicted molar refractivity (Wildman–Crippen MR) is 81.8 cm³/mol. The van der Waals surface area contributed by atoms with E-state index in [1.165, 1.54) is 13.2 Å². The van der Waals surface area contributed by atoms with E-state index in [4.69, 9.17) is 16.3 Å². The molecule has 6 heteroatoms. The van der Waals surface area contributed by atoms with E-state index >= 15 is 0 Å². The van der Waals surface area contributed by atoms with E-state index in [9.17, 15) is 9.90 Å². The summed E-state index contributed by atoms with van der Waals surface area (Å²) in [5, 5.41) is 13.0. The van der Waals surface area contributed by atoms with Crippen molar-refractivity contribution in [3.8, 4) is 11.5 Å². The second-order valence-corrected chi connectivity index (χ2v) is 5.26. The highest BCUT2D eigenvalue weighted by molar-refractivity contribution is 9.10. The van der Waals surface area contributed by atoms with Gasteiger partial charge in [-0.05, 0) is 30.3 Å². The monoisotopic (exact) mass is 355 g/mol. The quantitative estimate of drug-likeness (QED) is 0.871. The predicted octanol–water partition coefficient (Wildman–Crippen LogP) is 4.07. The molecule has 0 heterocycles. The topological polar surface area (TPSA) is 58.6 Å². The van der Waals surface area contributed by atoms with E-state index in [0.717, 1.165) is 4.47 Å². The van der Waals surface area contributed by atoms with E-state index in [2.05, 4.69) is 21.2 Å². The average molecular weight is 357 g/mol. The van der Waals surface area contributed by atoms with Crippen molar-refractivity contribution in [2.24, 2.45) is 0 Å². The van der Waals surface area contributed by atoms with Gasteiger partial charge in [0.25, 0.3) is 5.91 Å². The molecule has 0 unspecified atom stereocenters. The minimum Gasteiger partial charge on any atom is -0.504 e. The molecule has 0 aliphatic rings. The third kappa shape index (κ3) is 3.05. The summed E-state index contributed by atoms with van der Waals surface area (Å²) in [6.07, 6.45) is 0. The number of nitrogens with one attached hydrogen (secondary N) is 1. The molecule has 104 valence electrons. The first-order valence-electron chi connectivity index (χ1n) is 5.65. The molecule has 0 saturated carbocycles. The summed E-state index contributed by atoms with van der Waals surface area (Å²) < 4.78 is 5.75. The van der Waals surface area contributed by atoms with E-state index < -0.39 is 5.91 Å². The van der Waals surface area contributed by atoms with Crippen molar-refractivity contribution >= 4 is 39.1 Å². The van der Waals surface area contributed by atoms with Crippen LogP contribution in [0.2, 0.25) is 5.02 Å². The number of hydrogen-bond acceptors (Lipinski definition) is 3. The van der Waals surface area contributed by atoms with Crippen LogP contribution in [0.1, 0.15) is 10.4 Å². The van der Waals surface area contributed by atoms with E-state index in [0.29, 0.717) is 10.7 Å². The highest BCUT2D eigenvalue weighted by Crippen LogP contribution is 2.31. The van der Waals surface area contributed by atoms with Crippen LogP contribution in [-0.4, -0.2) is 18.1 Å². The minimum atomic E-state index is -0.471. The molecule has 0 bridgehead atoms. The van der Waals surface area contributed by atoms with Crippen LogP contribution in [0, 0.1) is 0 Å². The molecule has 0 radical (unpaired) electrons. The van der Waals surface area contributed by atoms with Gasteiger partial charge in [0.15, 0.2) is 11.5 Å². The second kappa shape index (κ2) is 6.15. The Bertz CT molecular complexity index is 661. The molecule has 4 nitrogen and oxygen atoms in total. The van der Waals surface area contributed by atoms with Gasteiger partial charge in [-0.2, -0.15) is 0 Å². The lowest BCUT2D eigenvalue weighted by Gasteiger charge is -2.10. The molecule has 0 aliphatic carbocycles. The van der Waals surface area contributed by atoms with Gasteiger partial charge in [-0.25, -0.2) is 0 Å². The first-order valence-corrected chi connectivity index (χ1v) is 6.82. The molecule has 0 spiro atoms. The van der Waals surface area contributed by atoms with Crippen LogP contribution in [0.4, 0.5) is 5.69 Å². The number of halogens is 2. The molecule has 2 aromatic rings. The number of para-hydroxylation sites is 1. The Morgan fingerprint density at radius 3 is 2.80 bits per heavy atom. The van der Waals surface area contributed by atoms with E-state index in [1.54, 1.807) is 30.3 Å². The Hall–Kier alpha value is -1.72. The maximum Gasteiger partial charge on any atom is 0.259 e. The van der Waals surface area contributed by atoms with Gasteiger partial charge in [-0.15, -0.1) is 0 Å². The van der Waals surface area contributed by atoms with Crippen molar-refractivity contribution in [2.75, 3.05) is 12.4 Å². The van der Waals surface area contributed by atoms with E-state index in [1.807, 2.05) is 0 Å². The number of phenols is 1. The molecule has 0 saturated heterocycles. The van der Waals surface area contributed by atoms with Crippen molar-refractivity contribution < 1.29 is 14.6 Å². The van der Waals surface area contributed by atoms with Crippen molar-refractivity contribution in [3.05, 3.63) is 51.5 Å². The molecule has 2 N–H and O–H groups in total. The summed E-state index contributed by atoms with van der Waals surface area (Å²) in [5.41, 5.74) is 0.564. The van der Waals surface area contributed by atoms with E-state index in [-0.39, 0.29) is 17.1 Å². The van der Waals surface area contributed by atoms with Gasteiger partial charge in [-0.1, -0.05) is 33.6 Å². The Labute approximate surface area is 129 Å². The smallest absolute Gasteiger partial charge is 0.259 e. The lowest BCUT2D eigenvalue weighted by molar-refractivity contribution is 0.102. The standard InChI is InChI=1S/C14H11BrClNO3/c1-20-12-4-2-3-9(13(12)18)14(19)17-11-7-8(15)5-6-10(11)16/h2-7,18H,1H3,(H,17,19). The summed E-state index contributed by atoms with van der Waals surface area (Å²) in [5.74, 6) is -0.446. The lowest BCUT2D eigenvalue weighted by atomic mass is 10.1. The van der Waals surface area contributed by atoms with Gasteiger partial charge in [-0.3, -0.25) is 4.79 Å². The van der Waals surface area contributed by atoms with Crippen LogP contribution in [-0.2, 0) is 0 Å². The number of rotatable bonds is 3. The van der Waals surface area contributed by atoms with Gasteiger partial charge < -0.3 is 15.2 Å². The fourth-order valence-electron chi connectivity index (χ4n) is 1.65. The molecule has 0 aromatic heterocycles. The van der Waals surface area contributed by atoms with Crippen LogP contribution in [0.5, 0.6) is 11.5 Å². The normalized spacial score (nSPS) is 10.2. The summed E-state index contributed by atoms with van der Waals surface area (Å²) in [7, 11) is 1.42. The third-order valence-corrected chi connectivity index (χ3v) is 3.46. The van der Waals surface area contributed by atoms with Crippen LogP contribution in [0.15, 0.2) is 40.9 Å². The molecule has 0 aliphatic heterocycles. The van der Waals surface area contributed by atoms with Gasteiger partial charge >= 0.3 is 0 Å². The van der Waals surface area contributed by atoms with Gasteiger partial charge in [0.2, 0.25) is 0 Å². The number of amides is 1. The SMILES string of the molecule is COc1cccc(C(=O)Nc2cc(Br)ccc2Cl)c1O. The average Bonchev–Trinajstić information content (AvgIpc) is 2.43. The van der Waals surface area contributed by atoms with Crippen LogP contribution >= 0.6 is 27.5 Å². The largest absolute Gasteiger partial charge is 0.504 e.